The van der Waals surface area contributed by atoms with Gasteiger partial charge in [0.25, 0.3) is 0 Å². The molecule has 0 fully saturated rings. The number of rotatable bonds is 10. The smallest absolute Gasteiger partial charge is 0.407 e. The van der Waals surface area contributed by atoms with Gasteiger partial charge in [-0.25, -0.2) is 4.79 Å². The second-order valence-corrected chi connectivity index (χ2v) is 8.86. The molecule has 0 aliphatic heterocycles. The Morgan fingerprint density at radius 1 is 0.970 bits per heavy atom. The van der Waals surface area contributed by atoms with Crippen molar-refractivity contribution in [2.75, 3.05) is 13.2 Å². The number of amides is 2. The van der Waals surface area contributed by atoms with Gasteiger partial charge in [-0.05, 0) is 41.0 Å². The lowest BCUT2D eigenvalue weighted by Crippen LogP contribution is -2.50. The van der Waals surface area contributed by atoms with Gasteiger partial charge in [0, 0.05) is 12.5 Å². The number of carboxylic acids is 1. The lowest BCUT2D eigenvalue weighted by atomic mass is 9.98. The summed E-state index contributed by atoms with van der Waals surface area (Å²) in [4.78, 5) is 36.0. The standard InChI is InChI=1S/C26H32N2O5/c1-16(2)23(24(29)27-14-8-9-17(3)25(30)31)28-26(32)33-15-22-20-12-6-4-10-18(20)19-11-5-7-13-21(19)22/h4-7,10-13,16-17,22-23H,8-9,14-15H2,1-3H3,(H,27,29)(H,28,32)(H,30,31)/t17?,23-/m0/s1. The molecule has 176 valence electrons. The van der Waals surface area contributed by atoms with Crippen molar-refractivity contribution in [3.8, 4) is 11.1 Å². The molecular formula is C26H32N2O5. The number of carboxylic acid groups (broad SMARTS) is 1. The van der Waals surface area contributed by atoms with Crippen LogP contribution in [0.3, 0.4) is 0 Å². The van der Waals surface area contributed by atoms with Crippen LogP contribution in [0.15, 0.2) is 48.5 Å². The number of ether oxygens (including phenoxy) is 1. The molecule has 1 aliphatic rings. The van der Waals surface area contributed by atoms with Gasteiger partial charge in [-0.3, -0.25) is 9.59 Å². The van der Waals surface area contributed by atoms with E-state index >= 15 is 0 Å². The highest BCUT2D eigenvalue weighted by molar-refractivity contribution is 5.86. The minimum Gasteiger partial charge on any atom is -0.481 e. The number of nitrogens with one attached hydrogen (secondary N) is 2. The number of fused-ring (bicyclic) bond motifs is 3. The number of aliphatic carboxylic acids is 1. The highest BCUT2D eigenvalue weighted by Crippen LogP contribution is 2.44. The molecule has 0 aromatic heterocycles. The highest BCUT2D eigenvalue weighted by Gasteiger charge is 2.30. The average molecular weight is 453 g/mol. The number of benzene rings is 2. The van der Waals surface area contributed by atoms with E-state index in [4.69, 9.17) is 9.84 Å². The van der Waals surface area contributed by atoms with Crippen molar-refractivity contribution < 1.29 is 24.2 Å². The Bertz CT molecular complexity index is 958. The van der Waals surface area contributed by atoms with E-state index in [0.29, 0.717) is 19.4 Å². The van der Waals surface area contributed by atoms with Crippen molar-refractivity contribution in [3.63, 3.8) is 0 Å². The molecule has 0 radical (unpaired) electrons. The van der Waals surface area contributed by atoms with Crippen molar-refractivity contribution in [1.29, 1.82) is 0 Å². The quantitative estimate of drug-likeness (QED) is 0.470. The Balaban J connectivity index is 1.54. The third-order valence-electron chi connectivity index (χ3n) is 6.10. The maximum atomic E-state index is 12.6. The van der Waals surface area contributed by atoms with Crippen molar-refractivity contribution in [2.24, 2.45) is 11.8 Å². The zero-order chi connectivity index (χ0) is 24.0. The zero-order valence-electron chi connectivity index (χ0n) is 19.3. The van der Waals surface area contributed by atoms with Crippen LogP contribution in [0.4, 0.5) is 4.79 Å². The van der Waals surface area contributed by atoms with E-state index < -0.39 is 24.0 Å². The van der Waals surface area contributed by atoms with Crippen LogP contribution in [-0.4, -0.2) is 42.3 Å². The minimum absolute atomic E-state index is 0.0503. The molecule has 3 N–H and O–H groups in total. The molecule has 1 unspecified atom stereocenters. The summed E-state index contributed by atoms with van der Waals surface area (Å²) in [6, 6.07) is 15.5. The topological polar surface area (TPSA) is 105 Å². The number of carbonyl (C=O) groups is 3. The molecule has 0 spiro atoms. The summed E-state index contributed by atoms with van der Waals surface area (Å²) < 4.78 is 5.56. The predicted octanol–water partition coefficient (Wildman–Crippen LogP) is 4.17. The maximum Gasteiger partial charge on any atom is 0.407 e. The molecule has 2 atom stereocenters. The minimum atomic E-state index is -0.849. The largest absolute Gasteiger partial charge is 0.481 e. The fourth-order valence-electron chi connectivity index (χ4n) is 4.16. The summed E-state index contributed by atoms with van der Waals surface area (Å²) in [5.74, 6) is -1.80. The van der Waals surface area contributed by atoms with Gasteiger partial charge in [0.2, 0.25) is 5.91 Å². The molecule has 0 saturated heterocycles. The third kappa shape index (κ3) is 5.92. The fourth-order valence-corrected chi connectivity index (χ4v) is 4.16. The maximum absolute atomic E-state index is 12.6. The van der Waals surface area contributed by atoms with E-state index in [-0.39, 0.29) is 24.3 Å². The molecular weight excluding hydrogens is 420 g/mol. The van der Waals surface area contributed by atoms with Crippen molar-refractivity contribution in [3.05, 3.63) is 59.7 Å². The van der Waals surface area contributed by atoms with Crippen molar-refractivity contribution in [1.82, 2.24) is 10.6 Å². The number of alkyl carbamates (subject to hydrolysis) is 1. The third-order valence-corrected chi connectivity index (χ3v) is 6.10. The summed E-state index contributed by atoms with van der Waals surface area (Å²) in [5, 5.41) is 14.4. The van der Waals surface area contributed by atoms with Crippen LogP contribution in [-0.2, 0) is 14.3 Å². The average Bonchev–Trinajstić information content (AvgIpc) is 3.12. The summed E-state index contributed by atoms with van der Waals surface area (Å²) >= 11 is 0. The Kier molecular flexibility index (Phi) is 8.09. The van der Waals surface area contributed by atoms with Gasteiger partial charge in [0.05, 0.1) is 5.92 Å². The molecule has 33 heavy (non-hydrogen) atoms. The molecule has 0 bridgehead atoms. The Hall–Kier alpha value is -3.35. The van der Waals surface area contributed by atoms with Crippen LogP contribution >= 0.6 is 0 Å². The molecule has 0 saturated carbocycles. The van der Waals surface area contributed by atoms with Gasteiger partial charge in [0.1, 0.15) is 12.6 Å². The van der Waals surface area contributed by atoms with Gasteiger partial charge in [-0.15, -0.1) is 0 Å². The van der Waals surface area contributed by atoms with Gasteiger partial charge in [0.15, 0.2) is 0 Å². The lowest BCUT2D eigenvalue weighted by Gasteiger charge is -2.22. The molecule has 7 nitrogen and oxygen atoms in total. The molecule has 1 aliphatic carbocycles. The normalized spacial score (nSPS) is 14.2. The lowest BCUT2D eigenvalue weighted by molar-refractivity contribution is -0.141. The highest BCUT2D eigenvalue weighted by atomic mass is 16.5. The Morgan fingerprint density at radius 3 is 2.09 bits per heavy atom. The van der Waals surface area contributed by atoms with Crippen molar-refractivity contribution >= 4 is 18.0 Å². The summed E-state index contributed by atoms with van der Waals surface area (Å²) in [6.07, 6.45) is 0.390. The van der Waals surface area contributed by atoms with E-state index in [0.717, 1.165) is 22.3 Å². The SMILES string of the molecule is CC(CCCNC(=O)[C@@H](NC(=O)OCC1c2ccccc2-c2ccccc21)C(C)C)C(=O)O. The van der Waals surface area contributed by atoms with Gasteiger partial charge >= 0.3 is 12.1 Å². The van der Waals surface area contributed by atoms with Crippen LogP contribution in [0, 0.1) is 11.8 Å². The van der Waals surface area contributed by atoms with Gasteiger partial charge in [-0.2, -0.15) is 0 Å². The molecule has 3 rings (SSSR count). The van der Waals surface area contributed by atoms with E-state index in [1.54, 1.807) is 6.92 Å². The molecule has 7 heteroatoms. The summed E-state index contributed by atoms with van der Waals surface area (Å²) in [7, 11) is 0. The van der Waals surface area contributed by atoms with E-state index in [9.17, 15) is 14.4 Å². The first kappa shape index (κ1) is 24.3. The number of hydrogen-bond acceptors (Lipinski definition) is 4. The van der Waals surface area contributed by atoms with Crippen molar-refractivity contribution in [2.45, 2.75) is 45.6 Å². The van der Waals surface area contributed by atoms with E-state index in [2.05, 4.69) is 34.9 Å². The molecule has 2 aromatic carbocycles. The Morgan fingerprint density at radius 2 is 1.55 bits per heavy atom. The predicted molar refractivity (Wildman–Crippen MR) is 126 cm³/mol. The second kappa shape index (κ2) is 11.0. The van der Waals surface area contributed by atoms with Crippen LogP contribution < -0.4 is 10.6 Å². The van der Waals surface area contributed by atoms with E-state index in [1.165, 1.54) is 0 Å². The number of hydrogen-bond donors (Lipinski definition) is 3. The monoisotopic (exact) mass is 452 g/mol. The first-order valence-electron chi connectivity index (χ1n) is 11.4. The number of carbonyl (C=O) groups excluding carboxylic acids is 2. The molecule has 0 heterocycles. The first-order valence-corrected chi connectivity index (χ1v) is 11.4. The Labute approximate surface area is 194 Å². The van der Waals surface area contributed by atoms with Gasteiger partial charge < -0.3 is 20.5 Å². The molecule has 2 amide bonds. The zero-order valence-corrected chi connectivity index (χ0v) is 19.3. The van der Waals surface area contributed by atoms with Gasteiger partial charge in [-0.1, -0.05) is 69.3 Å². The summed E-state index contributed by atoms with van der Waals surface area (Å²) in [5.41, 5.74) is 4.55. The van der Waals surface area contributed by atoms with Crippen LogP contribution in [0.5, 0.6) is 0 Å². The van der Waals surface area contributed by atoms with Crippen LogP contribution in [0.25, 0.3) is 11.1 Å². The van der Waals surface area contributed by atoms with Crippen LogP contribution in [0.1, 0.15) is 50.7 Å². The van der Waals surface area contributed by atoms with Crippen LogP contribution in [0.2, 0.25) is 0 Å². The second-order valence-electron chi connectivity index (χ2n) is 8.86. The fraction of sp³-hybridized carbons (Fsp3) is 0.423. The van der Waals surface area contributed by atoms with E-state index in [1.807, 2.05) is 38.1 Å². The summed E-state index contributed by atoms with van der Waals surface area (Å²) in [6.45, 7) is 5.87. The first-order chi connectivity index (χ1) is 15.8. The molecule has 2 aromatic rings.